The van der Waals surface area contributed by atoms with Gasteiger partial charge in [-0.1, -0.05) is 0 Å². The molecule has 2 fully saturated rings. The number of carbonyl (C=O) groups is 6. The van der Waals surface area contributed by atoms with Crippen LogP contribution in [0.1, 0.15) is 92.9 Å². The maximum absolute atomic E-state index is 12.8. The lowest BCUT2D eigenvalue weighted by molar-refractivity contribution is -0.156. The van der Waals surface area contributed by atoms with E-state index in [1.54, 1.807) is 0 Å². The molecule has 0 aromatic heterocycles. The van der Waals surface area contributed by atoms with Crippen molar-refractivity contribution in [3.8, 4) is 0 Å². The summed E-state index contributed by atoms with van der Waals surface area (Å²) in [5, 5.41) is 5.44. The highest BCUT2D eigenvalue weighted by molar-refractivity contribution is 5.88. The third-order valence-corrected chi connectivity index (χ3v) is 6.44. The van der Waals surface area contributed by atoms with Gasteiger partial charge in [0.25, 0.3) is 11.8 Å². The standard InChI is InChI=1S/C28H46N4O8/c1-27(2,3)29-21(33)17-39-25(37)19-11-9-15-31(19)23(35)13-7-8-14-24(36)32-16-10-12-20(32)26(38)40-18-22(34)30-28(4,5)6/h19-20H,7-18H2,1-6H3,(H,29,33)(H,30,34)/t19-,20-/m1/s1. The van der Waals surface area contributed by atoms with Crippen LogP contribution in [0.25, 0.3) is 0 Å². The Labute approximate surface area is 236 Å². The van der Waals surface area contributed by atoms with Crippen LogP contribution in [-0.4, -0.2) is 94.8 Å². The molecule has 40 heavy (non-hydrogen) atoms. The van der Waals surface area contributed by atoms with E-state index in [2.05, 4.69) is 10.6 Å². The molecule has 0 bridgehead atoms. The first-order chi connectivity index (χ1) is 18.6. The van der Waals surface area contributed by atoms with E-state index >= 15 is 0 Å². The van der Waals surface area contributed by atoms with Crippen molar-refractivity contribution in [3.63, 3.8) is 0 Å². The number of rotatable bonds is 11. The molecule has 0 spiro atoms. The summed E-state index contributed by atoms with van der Waals surface area (Å²) in [5.41, 5.74) is -0.882. The van der Waals surface area contributed by atoms with Gasteiger partial charge >= 0.3 is 11.9 Å². The van der Waals surface area contributed by atoms with E-state index in [1.165, 1.54) is 9.80 Å². The van der Waals surface area contributed by atoms with Crippen molar-refractivity contribution < 1.29 is 38.2 Å². The maximum atomic E-state index is 12.8. The van der Waals surface area contributed by atoms with Crippen molar-refractivity contribution >= 4 is 35.6 Å². The average Bonchev–Trinajstić information content (AvgIpc) is 3.51. The van der Waals surface area contributed by atoms with Crippen molar-refractivity contribution in [2.24, 2.45) is 0 Å². The predicted octanol–water partition coefficient (Wildman–Crippen LogP) is 1.44. The summed E-state index contributed by atoms with van der Waals surface area (Å²) < 4.78 is 10.3. The van der Waals surface area contributed by atoms with Crippen molar-refractivity contribution in [1.29, 1.82) is 0 Å². The lowest BCUT2D eigenvalue weighted by atomic mass is 10.1. The van der Waals surface area contributed by atoms with Gasteiger partial charge in [-0.2, -0.15) is 0 Å². The number of nitrogens with one attached hydrogen (secondary N) is 2. The zero-order valence-corrected chi connectivity index (χ0v) is 24.8. The van der Waals surface area contributed by atoms with E-state index in [1.807, 2.05) is 41.5 Å². The zero-order valence-electron chi connectivity index (χ0n) is 24.8. The van der Waals surface area contributed by atoms with Crippen molar-refractivity contribution in [1.82, 2.24) is 20.4 Å². The number of ether oxygens (including phenoxy) is 2. The molecule has 2 N–H and O–H groups in total. The predicted molar refractivity (Wildman–Crippen MR) is 146 cm³/mol. The van der Waals surface area contributed by atoms with Crippen LogP contribution in [0.4, 0.5) is 0 Å². The summed E-state index contributed by atoms with van der Waals surface area (Å²) in [4.78, 5) is 77.5. The number of nitrogens with zero attached hydrogens (tertiary/aromatic N) is 2. The Morgan fingerprint density at radius 1 is 0.650 bits per heavy atom. The normalized spacial score (nSPS) is 19.2. The van der Waals surface area contributed by atoms with E-state index in [4.69, 9.17) is 9.47 Å². The first kappa shape index (κ1) is 33.0. The highest BCUT2D eigenvalue weighted by Gasteiger charge is 2.37. The van der Waals surface area contributed by atoms with Crippen molar-refractivity contribution in [3.05, 3.63) is 0 Å². The van der Waals surface area contributed by atoms with Gasteiger partial charge in [-0.3, -0.25) is 19.2 Å². The van der Waals surface area contributed by atoms with E-state index in [-0.39, 0.29) is 24.7 Å². The van der Waals surface area contributed by atoms with E-state index in [0.717, 1.165) is 0 Å². The largest absolute Gasteiger partial charge is 0.454 e. The summed E-state index contributed by atoms with van der Waals surface area (Å²) >= 11 is 0. The third-order valence-electron chi connectivity index (χ3n) is 6.44. The third kappa shape index (κ3) is 11.1. The lowest BCUT2D eigenvalue weighted by Crippen LogP contribution is -2.45. The second-order valence-electron chi connectivity index (χ2n) is 12.5. The summed E-state index contributed by atoms with van der Waals surface area (Å²) in [6.07, 6.45) is 3.55. The fraction of sp³-hybridized carbons (Fsp3) is 0.786. The molecule has 226 valence electrons. The van der Waals surface area contributed by atoms with Crippen LogP contribution < -0.4 is 10.6 Å². The molecule has 12 heteroatoms. The number of likely N-dealkylation sites (tertiary alicyclic amines) is 2. The SMILES string of the molecule is CC(C)(C)NC(=O)COC(=O)[C@H]1CCCN1C(=O)CCCCC(=O)N1CCC[C@@H]1C(=O)OCC(=O)NC(C)(C)C. The van der Waals surface area contributed by atoms with Gasteiger partial charge in [-0.05, 0) is 80.1 Å². The molecule has 0 aliphatic carbocycles. The first-order valence-corrected chi connectivity index (χ1v) is 14.1. The van der Waals surface area contributed by atoms with Gasteiger partial charge in [-0.25, -0.2) is 9.59 Å². The summed E-state index contributed by atoms with van der Waals surface area (Å²) in [7, 11) is 0. The molecule has 12 nitrogen and oxygen atoms in total. The zero-order chi connectivity index (χ0) is 30.1. The average molecular weight is 567 g/mol. The molecule has 4 amide bonds. The molecule has 0 saturated carbocycles. The number of hydrogen-bond acceptors (Lipinski definition) is 8. The molecule has 2 atom stereocenters. The number of hydrogen-bond donors (Lipinski definition) is 2. The fourth-order valence-electron chi connectivity index (χ4n) is 4.83. The Balaban J connectivity index is 1.73. The van der Waals surface area contributed by atoms with E-state index in [9.17, 15) is 28.8 Å². The minimum absolute atomic E-state index is 0.177. The second kappa shape index (κ2) is 14.5. The lowest BCUT2D eigenvalue weighted by Gasteiger charge is -2.25. The van der Waals surface area contributed by atoms with Crippen LogP contribution in [0.2, 0.25) is 0 Å². The smallest absolute Gasteiger partial charge is 0.329 e. The van der Waals surface area contributed by atoms with Crippen molar-refractivity contribution in [2.75, 3.05) is 26.3 Å². The molecular formula is C28H46N4O8. The molecule has 2 rings (SSSR count). The van der Waals surface area contributed by atoms with Gasteiger partial charge in [0.15, 0.2) is 13.2 Å². The first-order valence-electron chi connectivity index (χ1n) is 14.1. The van der Waals surface area contributed by atoms with Crippen LogP contribution in [0.5, 0.6) is 0 Å². The van der Waals surface area contributed by atoms with Gasteiger partial charge in [0.1, 0.15) is 12.1 Å². The summed E-state index contributed by atoms with van der Waals surface area (Å²) in [6, 6.07) is -1.42. The minimum atomic E-state index is -0.710. The van der Waals surface area contributed by atoms with Crippen LogP contribution in [0.15, 0.2) is 0 Å². The van der Waals surface area contributed by atoms with Gasteiger partial charge in [0.05, 0.1) is 0 Å². The molecule has 0 aromatic carbocycles. The monoisotopic (exact) mass is 566 g/mol. The van der Waals surface area contributed by atoms with Crippen LogP contribution in [0.3, 0.4) is 0 Å². The van der Waals surface area contributed by atoms with Gasteiger partial charge in [-0.15, -0.1) is 0 Å². The Morgan fingerprint density at radius 3 is 1.32 bits per heavy atom. The molecule has 0 unspecified atom stereocenters. The van der Waals surface area contributed by atoms with E-state index < -0.39 is 60.1 Å². The molecule has 2 aliphatic heterocycles. The Morgan fingerprint density at radius 2 is 1.00 bits per heavy atom. The Kier molecular flexibility index (Phi) is 11.9. The summed E-state index contributed by atoms with van der Waals surface area (Å²) in [5.74, 6) is -2.37. The molecular weight excluding hydrogens is 520 g/mol. The van der Waals surface area contributed by atoms with Crippen LogP contribution in [-0.2, 0) is 38.2 Å². The van der Waals surface area contributed by atoms with Crippen LogP contribution in [0, 0.1) is 0 Å². The quantitative estimate of drug-likeness (QED) is 0.282. The minimum Gasteiger partial charge on any atom is -0.454 e. The van der Waals surface area contributed by atoms with Crippen molar-refractivity contribution in [2.45, 2.75) is 116 Å². The Bertz CT molecular complexity index is 877. The van der Waals surface area contributed by atoms with Gasteiger partial charge < -0.3 is 29.9 Å². The molecule has 0 aromatic rings. The fourth-order valence-corrected chi connectivity index (χ4v) is 4.83. The molecule has 2 saturated heterocycles. The molecule has 2 aliphatic rings. The second-order valence-corrected chi connectivity index (χ2v) is 12.5. The summed E-state index contributed by atoms with van der Waals surface area (Å²) in [6.45, 7) is 11.0. The number of amides is 4. The van der Waals surface area contributed by atoms with E-state index in [0.29, 0.717) is 51.6 Å². The maximum Gasteiger partial charge on any atom is 0.329 e. The van der Waals surface area contributed by atoms with Crippen LogP contribution >= 0.6 is 0 Å². The van der Waals surface area contributed by atoms with Gasteiger partial charge in [0.2, 0.25) is 11.8 Å². The Hall–Kier alpha value is -3.18. The number of esters is 2. The number of unbranched alkanes of at least 4 members (excludes halogenated alkanes) is 1. The van der Waals surface area contributed by atoms with Gasteiger partial charge in [0, 0.05) is 37.0 Å². The topological polar surface area (TPSA) is 151 Å². The highest BCUT2D eigenvalue weighted by Crippen LogP contribution is 2.22. The highest BCUT2D eigenvalue weighted by atomic mass is 16.5. The number of carbonyl (C=O) groups excluding carboxylic acids is 6. The molecule has 2 heterocycles. The molecule has 0 radical (unpaired) electrons.